The molecule has 0 spiro atoms. The van der Waals surface area contributed by atoms with E-state index < -0.39 is 21.9 Å². The minimum atomic E-state index is -0.493. The SMILES string of the molecule is c1ccc(P2CCCCCCCCCP(c3ccccc3)P(c3ccccc3)P(c3ccccc3)P2c2ccccc2)cc1. The van der Waals surface area contributed by atoms with Gasteiger partial charge in [0.25, 0.3) is 0 Å². The van der Waals surface area contributed by atoms with Gasteiger partial charge in [0.2, 0.25) is 0 Å². The zero-order valence-electron chi connectivity index (χ0n) is 25.5. The summed E-state index contributed by atoms with van der Waals surface area (Å²) in [5.74, 6) is 0. The minimum Gasteiger partial charge on any atom is -0.0622 e. The lowest BCUT2D eigenvalue weighted by Gasteiger charge is -2.43. The highest BCUT2D eigenvalue weighted by molar-refractivity contribution is 8.90. The predicted octanol–water partition coefficient (Wildman–Crippen LogP) is 11.4. The van der Waals surface area contributed by atoms with E-state index in [0.29, 0.717) is 0 Å². The molecule has 4 unspecified atom stereocenters. The van der Waals surface area contributed by atoms with Crippen molar-refractivity contribution in [3.63, 3.8) is 0 Å². The lowest BCUT2D eigenvalue weighted by atomic mass is 10.1. The largest absolute Gasteiger partial charge is 0.0622 e. The quantitative estimate of drug-likeness (QED) is 0.164. The van der Waals surface area contributed by atoms with E-state index in [9.17, 15) is 0 Å². The summed E-state index contributed by atoms with van der Waals surface area (Å²) < 4.78 is 0. The van der Waals surface area contributed by atoms with Gasteiger partial charge in [-0.25, -0.2) is 0 Å². The van der Waals surface area contributed by atoms with Crippen molar-refractivity contribution in [1.29, 1.82) is 0 Å². The zero-order chi connectivity index (χ0) is 29.8. The minimum absolute atomic E-state index is 0.363. The number of benzene rings is 5. The van der Waals surface area contributed by atoms with E-state index in [-0.39, 0.29) is 15.2 Å². The van der Waals surface area contributed by atoms with Crippen LogP contribution in [0.15, 0.2) is 152 Å². The van der Waals surface area contributed by atoms with E-state index in [1.165, 1.54) is 57.3 Å². The molecule has 0 aromatic heterocycles. The molecule has 0 radical (unpaired) electrons. The fourth-order valence-electron chi connectivity index (χ4n) is 5.96. The van der Waals surface area contributed by atoms with E-state index in [1.807, 2.05) is 0 Å². The summed E-state index contributed by atoms with van der Waals surface area (Å²) in [6.07, 6.45) is 12.3. The maximum absolute atomic E-state index is 2.50. The molecule has 0 aliphatic carbocycles. The third-order valence-electron chi connectivity index (χ3n) is 8.13. The first-order chi connectivity index (χ1) is 21.9. The van der Waals surface area contributed by atoms with Crippen molar-refractivity contribution in [3.05, 3.63) is 152 Å². The maximum atomic E-state index is 2.50. The maximum Gasteiger partial charge on any atom is -0.00636 e. The van der Waals surface area contributed by atoms with Gasteiger partial charge in [-0.1, -0.05) is 184 Å². The normalized spacial score (nSPS) is 23.8. The van der Waals surface area contributed by atoms with Crippen LogP contribution in [-0.4, -0.2) is 12.3 Å². The van der Waals surface area contributed by atoms with Crippen molar-refractivity contribution in [3.8, 4) is 0 Å². The number of hydrogen-bond donors (Lipinski definition) is 0. The Kier molecular flexibility index (Phi) is 12.6. The highest BCUT2D eigenvalue weighted by atomic mass is 32.8. The molecule has 1 saturated heterocycles. The zero-order valence-corrected chi connectivity index (χ0v) is 30.0. The van der Waals surface area contributed by atoms with Crippen molar-refractivity contribution in [1.82, 2.24) is 0 Å². The molecule has 5 heteroatoms. The summed E-state index contributed by atoms with van der Waals surface area (Å²) in [6.45, 7) is 0. The van der Waals surface area contributed by atoms with Crippen molar-refractivity contribution in [2.45, 2.75) is 44.9 Å². The van der Waals surface area contributed by atoms with E-state index in [4.69, 9.17) is 0 Å². The van der Waals surface area contributed by atoms with Gasteiger partial charge in [-0.15, -0.1) is 0 Å². The van der Waals surface area contributed by atoms with Crippen LogP contribution in [0.1, 0.15) is 44.9 Å². The van der Waals surface area contributed by atoms with Gasteiger partial charge in [-0.05, 0) is 88.8 Å². The van der Waals surface area contributed by atoms with Crippen LogP contribution in [0.2, 0.25) is 0 Å². The van der Waals surface area contributed by atoms with Crippen molar-refractivity contribution >= 4 is 63.6 Å². The van der Waals surface area contributed by atoms with E-state index >= 15 is 0 Å². The van der Waals surface area contributed by atoms with Crippen molar-refractivity contribution < 1.29 is 0 Å². The Bertz CT molecular complexity index is 1400. The molecular weight excluding hydrogens is 623 g/mol. The van der Waals surface area contributed by atoms with Crippen LogP contribution in [0, 0.1) is 0 Å². The molecule has 224 valence electrons. The smallest absolute Gasteiger partial charge is 0.00636 e. The summed E-state index contributed by atoms with van der Waals surface area (Å²) in [7, 11) is -2.14. The molecule has 0 amide bonds. The monoisotopic (exact) mass is 666 g/mol. The van der Waals surface area contributed by atoms with E-state index in [2.05, 4.69) is 152 Å². The standard InChI is InChI=1S/C39H43P5/c1-2-4-21-33-40(35-23-11-6-12-24-35)42(37-27-15-8-16-28-37)44(39-31-19-10-20-32-39)43(38-29-17-9-18-30-38)41(34-22-5-3-1)36-25-13-7-14-26-36/h6-20,23-32H,1-5,21-22,33-34H2. The fourth-order valence-corrected chi connectivity index (χ4v) is 48.7. The van der Waals surface area contributed by atoms with Crippen LogP contribution in [0.3, 0.4) is 0 Å². The second kappa shape index (κ2) is 17.2. The van der Waals surface area contributed by atoms with Gasteiger partial charge in [0.1, 0.15) is 0 Å². The van der Waals surface area contributed by atoms with Gasteiger partial charge in [0, 0.05) is 0 Å². The second-order valence-corrected chi connectivity index (χ2v) is 31.0. The Morgan fingerprint density at radius 1 is 0.250 bits per heavy atom. The molecule has 0 bridgehead atoms. The highest BCUT2D eigenvalue weighted by Gasteiger charge is 2.41. The first-order valence-corrected chi connectivity index (χ1v) is 26.0. The lowest BCUT2D eigenvalue weighted by Crippen LogP contribution is -2.15. The third kappa shape index (κ3) is 8.34. The summed E-state index contributed by atoms with van der Waals surface area (Å²) in [5, 5.41) is 8.07. The molecule has 0 saturated carbocycles. The Labute approximate surface area is 271 Å². The molecule has 1 fully saturated rings. The van der Waals surface area contributed by atoms with Gasteiger partial charge < -0.3 is 0 Å². The molecule has 5 aromatic rings. The van der Waals surface area contributed by atoms with Crippen LogP contribution in [0.5, 0.6) is 0 Å². The van der Waals surface area contributed by atoms with Crippen LogP contribution in [-0.2, 0) is 0 Å². The molecule has 1 heterocycles. The Balaban J connectivity index is 1.62. The van der Waals surface area contributed by atoms with Crippen LogP contribution in [0.4, 0.5) is 0 Å². The van der Waals surface area contributed by atoms with Crippen molar-refractivity contribution in [2.24, 2.45) is 0 Å². The fraction of sp³-hybridized carbons (Fsp3) is 0.231. The number of rotatable bonds is 5. The summed E-state index contributed by atoms with van der Waals surface area (Å²) in [6, 6.07) is 59.0. The molecular formula is C39H43P5. The molecule has 1 aliphatic heterocycles. The van der Waals surface area contributed by atoms with Crippen LogP contribution in [0.25, 0.3) is 0 Å². The Morgan fingerprint density at radius 2 is 0.500 bits per heavy atom. The second-order valence-electron chi connectivity index (χ2n) is 11.3. The molecule has 0 nitrogen and oxygen atoms in total. The molecule has 0 N–H and O–H groups in total. The molecule has 1 aliphatic rings. The Hall–Kier alpha value is -1.75. The topological polar surface area (TPSA) is 0 Å². The Morgan fingerprint density at radius 3 is 0.818 bits per heavy atom. The first kappa shape index (κ1) is 32.2. The number of hydrogen-bond acceptors (Lipinski definition) is 0. The van der Waals surface area contributed by atoms with Gasteiger partial charge in [0.15, 0.2) is 0 Å². The summed E-state index contributed by atoms with van der Waals surface area (Å²) >= 11 is 0. The lowest BCUT2D eigenvalue weighted by molar-refractivity contribution is 0.605. The van der Waals surface area contributed by atoms with E-state index in [0.717, 1.165) is 0 Å². The van der Waals surface area contributed by atoms with Gasteiger partial charge >= 0.3 is 0 Å². The predicted molar refractivity (Wildman–Crippen MR) is 207 cm³/mol. The first-order valence-electron chi connectivity index (χ1n) is 16.1. The van der Waals surface area contributed by atoms with Crippen molar-refractivity contribution in [2.75, 3.05) is 12.3 Å². The molecule has 4 atom stereocenters. The summed E-state index contributed by atoms with van der Waals surface area (Å²) in [5.41, 5.74) is 0. The third-order valence-corrected chi connectivity index (χ3v) is 39.8. The molecule has 6 rings (SSSR count). The average Bonchev–Trinajstić information content (AvgIpc) is 3.10. The highest BCUT2D eigenvalue weighted by Crippen LogP contribution is 3.01. The molecule has 5 aromatic carbocycles. The van der Waals surface area contributed by atoms with Gasteiger partial charge in [0.05, 0.1) is 0 Å². The van der Waals surface area contributed by atoms with Gasteiger partial charge in [-0.3, -0.25) is 0 Å². The van der Waals surface area contributed by atoms with Gasteiger partial charge in [-0.2, -0.15) is 0 Å². The van der Waals surface area contributed by atoms with E-state index in [1.54, 1.807) is 26.5 Å². The van der Waals surface area contributed by atoms with Crippen LogP contribution >= 0.6 is 37.1 Å². The summed E-state index contributed by atoms with van der Waals surface area (Å²) in [4.78, 5) is 0. The van der Waals surface area contributed by atoms with Crippen LogP contribution < -0.4 is 26.5 Å². The average molecular weight is 667 g/mol. The molecule has 44 heavy (non-hydrogen) atoms.